The molecule has 0 unspecified atom stereocenters. The van der Waals surface area contributed by atoms with E-state index < -0.39 is 47.3 Å². The molecule has 1 N–H and O–H groups in total. The van der Waals surface area contributed by atoms with Crippen LogP contribution in [0.1, 0.15) is 13.3 Å². The number of hydrogen-bond donors (Lipinski definition) is 1. The molecule has 5 nitrogen and oxygen atoms in total. The zero-order valence-corrected chi connectivity index (χ0v) is 13.7. The number of carboxylic acids is 1. The van der Waals surface area contributed by atoms with Crippen molar-refractivity contribution in [2.24, 2.45) is 11.8 Å². The van der Waals surface area contributed by atoms with Crippen LogP contribution >= 0.6 is 0 Å². The predicted octanol–water partition coefficient (Wildman–Crippen LogP) is 2.53. The molecule has 5 atom stereocenters. The Kier molecular flexibility index (Phi) is 3.37. The van der Waals surface area contributed by atoms with Crippen LogP contribution in [0, 0.1) is 17.7 Å². The average molecular weight is 343 g/mol. The minimum absolute atomic E-state index is 0.145. The molecular weight excluding hydrogens is 325 g/mol. The Morgan fingerprint density at radius 2 is 2.16 bits per heavy atom. The van der Waals surface area contributed by atoms with Crippen molar-refractivity contribution in [3.63, 3.8) is 0 Å². The quantitative estimate of drug-likeness (QED) is 0.853. The zero-order chi connectivity index (χ0) is 17.9. The molecule has 2 saturated heterocycles. The number of benzene rings is 1. The molecule has 3 aliphatic rings. The highest BCUT2D eigenvalue weighted by atomic mass is 19.1. The van der Waals surface area contributed by atoms with E-state index in [-0.39, 0.29) is 5.69 Å². The monoisotopic (exact) mass is 343 g/mol. The van der Waals surface area contributed by atoms with Gasteiger partial charge in [0.25, 0.3) is 0 Å². The zero-order valence-electron chi connectivity index (χ0n) is 13.7. The van der Waals surface area contributed by atoms with E-state index in [0.29, 0.717) is 6.42 Å². The lowest BCUT2D eigenvalue weighted by Gasteiger charge is -2.33. The molecule has 0 aromatic heterocycles. The van der Waals surface area contributed by atoms with Crippen LogP contribution in [0.2, 0.25) is 0 Å². The molecule has 3 heterocycles. The van der Waals surface area contributed by atoms with Crippen molar-refractivity contribution in [2.45, 2.75) is 31.1 Å². The third-order valence-corrected chi connectivity index (χ3v) is 5.36. The summed E-state index contributed by atoms with van der Waals surface area (Å²) in [6.07, 6.45) is 3.27. The van der Waals surface area contributed by atoms with Gasteiger partial charge in [0, 0.05) is 0 Å². The number of anilines is 1. The third-order valence-electron chi connectivity index (χ3n) is 5.36. The Bertz CT molecular complexity index is 819. The van der Waals surface area contributed by atoms with E-state index in [1.54, 1.807) is 24.3 Å². The number of para-hydroxylation sites is 1. The fourth-order valence-corrected chi connectivity index (χ4v) is 4.45. The van der Waals surface area contributed by atoms with Crippen LogP contribution in [-0.2, 0) is 14.3 Å². The lowest BCUT2D eigenvalue weighted by Crippen LogP contribution is -2.45. The van der Waals surface area contributed by atoms with Crippen LogP contribution in [0.5, 0.6) is 0 Å². The number of aliphatic carboxylic acids is 1. The van der Waals surface area contributed by atoms with E-state index >= 15 is 0 Å². The molecule has 4 rings (SSSR count). The largest absolute Gasteiger partial charge is 0.481 e. The third kappa shape index (κ3) is 2.03. The Morgan fingerprint density at radius 3 is 2.80 bits per heavy atom. The summed E-state index contributed by atoms with van der Waals surface area (Å²) in [4.78, 5) is 26.3. The minimum atomic E-state index is -1.07. The van der Waals surface area contributed by atoms with E-state index in [1.807, 2.05) is 6.92 Å². The van der Waals surface area contributed by atoms with Gasteiger partial charge in [0.2, 0.25) is 5.91 Å². The van der Waals surface area contributed by atoms with Crippen LogP contribution < -0.4 is 4.90 Å². The molecule has 2 bridgehead atoms. The number of amides is 1. The molecule has 25 heavy (non-hydrogen) atoms. The molecule has 0 aliphatic carbocycles. The van der Waals surface area contributed by atoms with E-state index in [1.165, 1.54) is 17.0 Å². The van der Waals surface area contributed by atoms with Crippen molar-refractivity contribution in [2.75, 3.05) is 4.90 Å². The smallest absolute Gasteiger partial charge is 0.310 e. The number of halogens is 1. The SMILES string of the molecule is C=C(C)C[C@@H]1N(c2ccccc2F)C(=O)[C@H]2[C@H](C(=O)O)[C@@H]3C=C[C@@]12O3. The number of carbonyl (C=O) groups excluding carboxylic acids is 1. The lowest BCUT2D eigenvalue weighted by atomic mass is 9.74. The van der Waals surface area contributed by atoms with E-state index in [9.17, 15) is 19.1 Å². The number of carbonyl (C=O) groups is 2. The summed E-state index contributed by atoms with van der Waals surface area (Å²) in [6.45, 7) is 5.74. The van der Waals surface area contributed by atoms with Crippen LogP contribution in [0.15, 0.2) is 48.6 Å². The van der Waals surface area contributed by atoms with Gasteiger partial charge in [-0.2, -0.15) is 0 Å². The summed E-state index contributed by atoms with van der Waals surface area (Å²) >= 11 is 0. The van der Waals surface area contributed by atoms with Crippen molar-refractivity contribution >= 4 is 17.6 Å². The average Bonchev–Trinajstić information content (AvgIpc) is 3.18. The summed E-state index contributed by atoms with van der Waals surface area (Å²) in [5.41, 5.74) is -0.0908. The Hall–Kier alpha value is -2.47. The van der Waals surface area contributed by atoms with E-state index in [4.69, 9.17) is 4.74 Å². The molecule has 1 aromatic carbocycles. The van der Waals surface area contributed by atoms with Crippen LogP contribution in [0.3, 0.4) is 0 Å². The second kappa shape index (κ2) is 5.26. The number of ether oxygens (including phenoxy) is 1. The molecule has 0 saturated carbocycles. The number of carboxylic acid groups (broad SMARTS) is 1. The molecular formula is C19H18FNO4. The van der Waals surface area contributed by atoms with Gasteiger partial charge in [0.1, 0.15) is 17.3 Å². The van der Waals surface area contributed by atoms with Gasteiger partial charge in [-0.3, -0.25) is 9.59 Å². The fourth-order valence-electron chi connectivity index (χ4n) is 4.45. The van der Waals surface area contributed by atoms with E-state index in [2.05, 4.69) is 6.58 Å². The first kappa shape index (κ1) is 16.0. The fraction of sp³-hybridized carbons (Fsp3) is 0.368. The topological polar surface area (TPSA) is 66.8 Å². The van der Waals surface area contributed by atoms with Crippen molar-refractivity contribution in [1.29, 1.82) is 0 Å². The first-order valence-corrected chi connectivity index (χ1v) is 8.19. The number of hydrogen-bond acceptors (Lipinski definition) is 3. The second-order valence-electron chi connectivity index (χ2n) is 6.97. The first-order valence-electron chi connectivity index (χ1n) is 8.19. The molecule has 1 spiro atoms. The summed E-state index contributed by atoms with van der Waals surface area (Å²) < 4.78 is 20.4. The highest BCUT2D eigenvalue weighted by molar-refractivity contribution is 6.03. The van der Waals surface area contributed by atoms with Crippen molar-refractivity contribution in [3.05, 3.63) is 54.4 Å². The van der Waals surface area contributed by atoms with Crippen LogP contribution in [0.25, 0.3) is 0 Å². The highest BCUT2D eigenvalue weighted by Crippen LogP contribution is 2.56. The van der Waals surface area contributed by atoms with Gasteiger partial charge in [0.15, 0.2) is 0 Å². The van der Waals surface area contributed by atoms with Gasteiger partial charge in [0.05, 0.1) is 23.8 Å². The summed E-state index contributed by atoms with van der Waals surface area (Å²) in [5, 5.41) is 9.60. The highest BCUT2D eigenvalue weighted by Gasteiger charge is 2.71. The minimum Gasteiger partial charge on any atom is -0.481 e. The number of nitrogens with zero attached hydrogens (tertiary/aromatic N) is 1. The second-order valence-corrected chi connectivity index (χ2v) is 6.97. The molecule has 1 amide bonds. The van der Waals surface area contributed by atoms with Gasteiger partial charge < -0.3 is 14.7 Å². The maximum atomic E-state index is 14.4. The van der Waals surface area contributed by atoms with Gasteiger partial charge in [-0.25, -0.2) is 4.39 Å². The van der Waals surface area contributed by atoms with Gasteiger partial charge in [-0.1, -0.05) is 29.9 Å². The molecule has 130 valence electrons. The Balaban J connectivity index is 1.87. The van der Waals surface area contributed by atoms with Crippen LogP contribution in [0.4, 0.5) is 10.1 Å². The molecule has 6 heteroatoms. The normalized spacial score (nSPS) is 35.3. The van der Waals surface area contributed by atoms with Crippen LogP contribution in [-0.4, -0.2) is 34.7 Å². The van der Waals surface area contributed by atoms with Gasteiger partial charge in [-0.15, -0.1) is 6.58 Å². The standard InChI is InChI=1S/C19H18FNO4/c1-10(2)9-14-19-8-7-13(25-19)15(18(23)24)16(19)17(22)21(14)12-6-4-3-5-11(12)20/h3-8,13-16H,1,9H2,2H3,(H,23,24)/t13-,14-,15+,16+,19+/m0/s1. The van der Waals surface area contributed by atoms with E-state index in [0.717, 1.165) is 5.57 Å². The Morgan fingerprint density at radius 1 is 1.44 bits per heavy atom. The lowest BCUT2D eigenvalue weighted by molar-refractivity contribution is -0.146. The van der Waals surface area contributed by atoms with Crippen molar-refractivity contribution in [1.82, 2.24) is 0 Å². The van der Waals surface area contributed by atoms with Gasteiger partial charge >= 0.3 is 5.97 Å². The van der Waals surface area contributed by atoms with Crippen molar-refractivity contribution in [3.8, 4) is 0 Å². The Labute approximate surface area is 144 Å². The molecule has 2 fully saturated rings. The summed E-state index contributed by atoms with van der Waals surface area (Å²) in [6, 6.07) is 5.49. The first-order chi connectivity index (χ1) is 11.9. The summed E-state index contributed by atoms with van der Waals surface area (Å²) in [7, 11) is 0. The molecule has 0 radical (unpaired) electrons. The maximum absolute atomic E-state index is 14.4. The summed E-state index contributed by atoms with van der Waals surface area (Å²) in [5.74, 6) is -3.81. The number of rotatable bonds is 4. The molecule has 3 aliphatic heterocycles. The molecule has 1 aromatic rings. The number of fused-ring (bicyclic) bond motifs is 1. The maximum Gasteiger partial charge on any atom is 0.310 e. The van der Waals surface area contributed by atoms with Gasteiger partial charge in [-0.05, 0) is 25.5 Å². The predicted molar refractivity (Wildman–Crippen MR) is 88.5 cm³/mol. The van der Waals surface area contributed by atoms with Crippen molar-refractivity contribution < 1.29 is 23.8 Å².